The third-order valence-corrected chi connectivity index (χ3v) is 4.81. The normalized spacial score (nSPS) is 19.8. The fourth-order valence-electron chi connectivity index (χ4n) is 3.35. The molecule has 1 atom stereocenters. The van der Waals surface area contributed by atoms with Crippen molar-refractivity contribution in [2.75, 3.05) is 14.1 Å². The Morgan fingerprint density at radius 1 is 1.26 bits per heavy atom. The third kappa shape index (κ3) is 3.11. The van der Waals surface area contributed by atoms with Gasteiger partial charge < -0.3 is 4.90 Å². The smallest absolute Gasteiger partial charge is 0.0434 e. The third-order valence-electron chi connectivity index (χ3n) is 4.56. The average molecular weight is 282 g/mol. The zero-order valence-electron chi connectivity index (χ0n) is 11.8. The molecule has 106 valence electrons. The summed E-state index contributed by atoms with van der Waals surface area (Å²) >= 11 is 5.94. The van der Waals surface area contributed by atoms with Crippen molar-refractivity contribution in [3.63, 3.8) is 0 Å². The molecule has 0 saturated heterocycles. The monoisotopic (exact) mass is 281 g/mol. The van der Waals surface area contributed by atoms with E-state index >= 15 is 0 Å². The van der Waals surface area contributed by atoms with Gasteiger partial charge in [-0.2, -0.15) is 0 Å². The highest BCUT2D eigenvalue weighted by Crippen LogP contribution is 2.37. The molecular weight excluding hydrogens is 258 g/mol. The summed E-state index contributed by atoms with van der Waals surface area (Å²) in [6, 6.07) is 8.34. The Bertz CT molecular complexity index is 396. The first kappa shape index (κ1) is 14.8. The Morgan fingerprint density at radius 3 is 2.32 bits per heavy atom. The highest BCUT2D eigenvalue weighted by atomic mass is 35.5. The second-order valence-electron chi connectivity index (χ2n) is 5.75. The average Bonchev–Trinajstić information content (AvgIpc) is 2.88. The van der Waals surface area contributed by atoms with Gasteiger partial charge in [-0.3, -0.25) is 11.3 Å². The maximum Gasteiger partial charge on any atom is 0.0434 e. The molecular formula is C15H24ClN3. The molecule has 0 amide bonds. The van der Waals surface area contributed by atoms with Gasteiger partial charge in [0.1, 0.15) is 0 Å². The zero-order chi connectivity index (χ0) is 13.9. The van der Waals surface area contributed by atoms with Crippen LogP contribution in [-0.2, 0) is 6.42 Å². The van der Waals surface area contributed by atoms with Crippen LogP contribution in [0.2, 0.25) is 5.02 Å². The molecule has 3 nitrogen and oxygen atoms in total. The molecule has 1 fully saturated rings. The number of rotatable bonds is 5. The Labute approximate surface area is 121 Å². The summed E-state index contributed by atoms with van der Waals surface area (Å²) in [5.74, 6) is 5.85. The van der Waals surface area contributed by atoms with Gasteiger partial charge in [-0.15, -0.1) is 0 Å². The van der Waals surface area contributed by atoms with E-state index < -0.39 is 0 Å². The largest absolute Gasteiger partial charge is 0.302 e. The topological polar surface area (TPSA) is 41.3 Å². The molecule has 0 bridgehead atoms. The lowest BCUT2D eigenvalue weighted by Crippen LogP contribution is -2.60. The van der Waals surface area contributed by atoms with Crippen molar-refractivity contribution in [2.24, 2.45) is 5.84 Å². The first-order valence-electron chi connectivity index (χ1n) is 6.96. The van der Waals surface area contributed by atoms with E-state index in [0.717, 1.165) is 11.4 Å². The molecule has 0 radical (unpaired) electrons. The van der Waals surface area contributed by atoms with Crippen molar-refractivity contribution < 1.29 is 0 Å². The molecule has 19 heavy (non-hydrogen) atoms. The van der Waals surface area contributed by atoms with Gasteiger partial charge in [0.05, 0.1) is 0 Å². The predicted octanol–water partition coefficient (Wildman–Crippen LogP) is 2.59. The van der Waals surface area contributed by atoms with Crippen LogP contribution < -0.4 is 11.3 Å². The molecule has 1 aromatic rings. The summed E-state index contributed by atoms with van der Waals surface area (Å²) in [5, 5.41) is 0.782. The molecule has 4 heteroatoms. The van der Waals surface area contributed by atoms with E-state index in [1.54, 1.807) is 0 Å². The summed E-state index contributed by atoms with van der Waals surface area (Å²) in [6.07, 6.45) is 5.94. The van der Waals surface area contributed by atoms with Crippen molar-refractivity contribution in [1.82, 2.24) is 10.3 Å². The summed E-state index contributed by atoms with van der Waals surface area (Å²) in [7, 11) is 4.33. The van der Waals surface area contributed by atoms with E-state index in [1.807, 2.05) is 12.1 Å². The standard InChI is InChI=1S/C15H24ClN3/c1-19(2)15(9-3-4-10-15)14(18-17)11-12-5-7-13(16)8-6-12/h5-8,14,18H,3-4,9-11,17H2,1-2H3. The van der Waals surface area contributed by atoms with Crippen molar-refractivity contribution in [1.29, 1.82) is 0 Å². The van der Waals surface area contributed by atoms with Gasteiger partial charge in [-0.1, -0.05) is 36.6 Å². The molecule has 1 aromatic carbocycles. The van der Waals surface area contributed by atoms with E-state index in [9.17, 15) is 0 Å². The molecule has 0 aliphatic heterocycles. The van der Waals surface area contributed by atoms with Gasteiger partial charge in [-0.05, 0) is 51.1 Å². The SMILES string of the molecule is CN(C)C1(C(Cc2ccc(Cl)cc2)NN)CCCC1. The second kappa shape index (κ2) is 6.23. The van der Waals surface area contributed by atoms with Gasteiger partial charge in [0.2, 0.25) is 0 Å². The number of benzene rings is 1. The number of hydrogen-bond acceptors (Lipinski definition) is 3. The molecule has 0 heterocycles. The van der Waals surface area contributed by atoms with Crippen LogP contribution >= 0.6 is 11.6 Å². The number of nitrogens with two attached hydrogens (primary N) is 1. The van der Waals surface area contributed by atoms with Gasteiger partial charge in [0, 0.05) is 16.6 Å². The van der Waals surface area contributed by atoms with E-state index in [-0.39, 0.29) is 11.6 Å². The lowest BCUT2D eigenvalue weighted by Gasteiger charge is -2.43. The Hall–Kier alpha value is -0.610. The van der Waals surface area contributed by atoms with Crippen molar-refractivity contribution in [3.8, 4) is 0 Å². The van der Waals surface area contributed by atoms with Crippen LogP contribution in [0.15, 0.2) is 24.3 Å². The van der Waals surface area contributed by atoms with Gasteiger partial charge in [0.15, 0.2) is 0 Å². The fraction of sp³-hybridized carbons (Fsp3) is 0.600. The van der Waals surface area contributed by atoms with Gasteiger partial charge >= 0.3 is 0 Å². The van der Waals surface area contributed by atoms with Crippen LogP contribution in [0, 0.1) is 0 Å². The molecule has 1 unspecified atom stereocenters. The number of likely N-dealkylation sites (N-methyl/N-ethyl adjacent to an activating group) is 1. The number of halogens is 1. The highest BCUT2D eigenvalue weighted by Gasteiger charge is 2.42. The summed E-state index contributed by atoms with van der Waals surface area (Å²) in [5.41, 5.74) is 4.51. The molecule has 0 spiro atoms. The summed E-state index contributed by atoms with van der Waals surface area (Å²) < 4.78 is 0. The van der Waals surface area contributed by atoms with Crippen molar-refractivity contribution in [3.05, 3.63) is 34.9 Å². The van der Waals surface area contributed by atoms with Crippen LogP contribution in [0.3, 0.4) is 0 Å². The number of nitrogens with zero attached hydrogens (tertiary/aromatic N) is 1. The summed E-state index contributed by atoms with van der Waals surface area (Å²) in [4.78, 5) is 2.35. The second-order valence-corrected chi connectivity index (χ2v) is 6.19. The lowest BCUT2D eigenvalue weighted by molar-refractivity contribution is 0.104. The van der Waals surface area contributed by atoms with Crippen LogP contribution in [0.4, 0.5) is 0 Å². The van der Waals surface area contributed by atoms with Gasteiger partial charge in [0.25, 0.3) is 0 Å². The van der Waals surface area contributed by atoms with Crippen LogP contribution in [0.25, 0.3) is 0 Å². The Kier molecular flexibility index (Phi) is 4.85. The summed E-state index contributed by atoms with van der Waals surface area (Å²) in [6.45, 7) is 0. The quantitative estimate of drug-likeness (QED) is 0.644. The minimum absolute atomic E-state index is 0.175. The maximum absolute atomic E-state index is 5.94. The number of hydrogen-bond donors (Lipinski definition) is 2. The first-order valence-corrected chi connectivity index (χ1v) is 7.34. The predicted molar refractivity (Wildman–Crippen MR) is 81.2 cm³/mol. The molecule has 0 aromatic heterocycles. The Balaban J connectivity index is 2.16. The van der Waals surface area contributed by atoms with E-state index in [0.29, 0.717) is 0 Å². The Morgan fingerprint density at radius 2 is 1.84 bits per heavy atom. The first-order chi connectivity index (χ1) is 9.08. The molecule has 1 saturated carbocycles. The molecule has 1 aliphatic carbocycles. The number of hydrazine groups is 1. The van der Waals surface area contributed by atoms with E-state index in [4.69, 9.17) is 17.4 Å². The minimum atomic E-state index is 0.175. The van der Waals surface area contributed by atoms with Crippen LogP contribution in [0.1, 0.15) is 31.2 Å². The molecule has 1 aliphatic rings. The molecule has 3 N–H and O–H groups in total. The minimum Gasteiger partial charge on any atom is -0.302 e. The van der Waals surface area contributed by atoms with Crippen LogP contribution in [-0.4, -0.2) is 30.6 Å². The van der Waals surface area contributed by atoms with Crippen molar-refractivity contribution in [2.45, 2.75) is 43.7 Å². The van der Waals surface area contributed by atoms with Crippen molar-refractivity contribution >= 4 is 11.6 Å². The highest BCUT2D eigenvalue weighted by molar-refractivity contribution is 6.30. The molecule has 2 rings (SSSR count). The van der Waals surface area contributed by atoms with Gasteiger partial charge in [-0.25, -0.2) is 0 Å². The lowest BCUT2D eigenvalue weighted by atomic mass is 9.83. The maximum atomic E-state index is 5.94. The zero-order valence-corrected chi connectivity index (χ0v) is 12.6. The van der Waals surface area contributed by atoms with Crippen LogP contribution in [0.5, 0.6) is 0 Å². The van der Waals surface area contributed by atoms with E-state index in [2.05, 4.69) is 36.6 Å². The van der Waals surface area contributed by atoms with E-state index in [1.165, 1.54) is 31.2 Å². The fourth-order valence-corrected chi connectivity index (χ4v) is 3.48. The number of nitrogens with one attached hydrogen (secondary N) is 1.